The van der Waals surface area contributed by atoms with Crippen molar-refractivity contribution in [1.82, 2.24) is 25.7 Å². The van der Waals surface area contributed by atoms with Gasteiger partial charge in [0.2, 0.25) is 16.9 Å². The molecule has 4 rings (SSSR count). The molecule has 2 aromatic carbocycles. The van der Waals surface area contributed by atoms with Gasteiger partial charge < -0.3 is 20.7 Å². The van der Waals surface area contributed by atoms with E-state index in [4.69, 9.17) is 4.74 Å². The van der Waals surface area contributed by atoms with Crippen molar-refractivity contribution < 1.29 is 19.1 Å². The van der Waals surface area contributed by atoms with Gasteiger partial charge in [-0.15, -0.1) is 15.3 Å². The number of nitrogens with zero attached hydrogens (tertiary/aromatic N) is 4. The van der Waals surface area contributed by atoms with Crippen LogP contribution in [0.1, 0.15) is 68.4 Å². The summed E-state index contributed by atoms with van der Waals surface area (Å²) in [4.78, 5) is 36.7. The third-order valence-electron chi connectivity index (χ3n) is 6.17. The van der Waals surface area contributed by atoms with Crippen LogP contribution >= 0.6 is 11.3 Å². The van der Waals surface area contributed by atoms with Crippen molar-refractivity contribution in [2.75, 3.05) is 10.6 Å². The van der Waals surface area contributed by atoms with Crippen molar-refractivity contribution in [2.45, 2.75) is 78.9 Å². The highest BCUT2D eigenvalue weighted by atomic mass is 32.1. The highest BCUT2D eigenvalue weighted by molar-refractivity contribution is 7.15. The Hall–Kier alpha value is -4.71. The maximum absolute atomic E-state index is 12.6. The molecule has 4 aromatic rings. The lowest BCUT2D eigenvalue weighted by atomic mass is 10.1. The lowest BCUT2D eigenvalue weighted by molar-refractivity contribution is -0.116. The minimum absolute atomic E-state index is 0. The minimum Gasteiger partial charge on any atom is -0.444 e. The Morgan fingerprint density at radius 2 is 1.44 bits per heavy atom. The summed E-state index contributed by atoms with van der Waals surface area (Å²) in [5.74, 6) is 0.0604. The van der Waals surface area contributed by atoms with E-state index in [0.29, 0.717) is 23.9 Å². The number of aryl methyl sites for hydroxylation is 2. The van der Waals surface area contributed by atoms with Gasteiger partial charge >= 0.3 is 6.09 Å². The first-order valence-electron chi connectivity index (χ1n) is 14.4. The number of ether oxygens (including phenoxy) is 1. The van der Waals surface area contributed by atoms with Gasteiger partial charge in [0.05, 0.1) is 18.5 Å². The van der Waals surface area contributed by atoms with E-state index in [9.17, 15) is 14.4 Å². The van der Waals surface area contributed by atoms with E-state index in [1.807, 2.05) is 60.7 Å². The standard InChI is InChI=1S/C32H37N7O4S.CH4/c1-32(2,3)43-31(42)33-21-24-13-9-12-23(18-24)20-27(40)34-26-17-16-25(36-37-26)14-7-8-15-29-38-39-30(44-29)35-28(41)19-22-10-5-4-6-11-22;/h4-6,9-13,16-18H,7-8,14-15,19-21H2,1-3H3,(H,33,42)(H,34,37,40)(H,35,39,41);1H4. The summed E-state index contributed by atoms with van der Waals surface area (Å²) in [6.45, 7) is 5.72. The quantitative estimate of drug-likeness (QED) is 0.154. The molecule has 11 nitrogen and oxygen atoms in total. The van der Waals surface area contributed by atoms with Crippen LogP contribution in [-0.2, 0) is 46.6 Å². The average Bonchev–Trinajstić information content (AvgIpc) is 3.41. The molecule has 12 heteroatoms. The van der Waals surface area contributed by atoms with E-state index in [2.05, 4.69) is 36.3 Å². The Labute approximate surface area is 268 Å². The number of benzene rings is 2. The second kappa shape index (κ2) is 17.0. The van der Waals surface area contributed by atoms with E-state index in [1.54, 1.807) is 26.8 Å². The molecule has 0 spiro atoms. The normalized spacial score (nSPS) is 10.8. The number of carbonyl (C=O) groups is 3. The average molecular weight is 632 g/mol. The van der Waals surface area contributed by atoms with Gasteiger partial charge in [-0.3, -0.25) is 9.59 Å². The summed E-state index contributed by atoms with van der Waals surface area (Å²) in [5.41, 5.74) is 2.89. The molecule has 3 N–H and O–H groups in total. The first kappa shape index (κ1) is 34.8. The number of amides is 3. The molecule has 3 amide bonds. The molecule has 0 aliphatic heterocycles. The van der Waals surface area contributed by atoms with Gasteiger partial charge in [-0.25, -0.2) is 4.79 Å². The number of nitrogens with one attached hydrogen (secondary N) is 3. The number of hydrogen-bond acceptors (Lipinski definition) is 9. The SMILES string of the molecule is C.CC(C)(C)OC(=O)NCc1cccc(CC(=O)Nc2ccc(CCCCc3nnc(NC(=O)Cc4ccccc4)s3)nn2)c1. The third-order valence-corrected chi connectivity index (χ3v) is 7.07. The van der Waals surface area contributed by atoms with E-state index in [0.717, 1.165) is 53.1 Å². The Kier molecular flexibility index (Phi) is 13.1. The number of unbranched alkanes of at least 4 members (excludes halogenated alkanes) is 1. The summed E-state index contributed by atoms with van der Waals surface area (Å²) in [6, 6.07) is 20.6. The smallest absolute Gasteiger partial charge is 0.407 e. The van der Waals surface area contributed by atoms with E-state index < -0.39 is 11.7 Å². The first-order chi connectivity index (χ1) is 21.1. The van der Waals surface area contributed by atoms with Gasteiger partial charge in [0.15, 0.2) is 5.82 Å². The highest BCUT2D eigenvalue weighted by Gasteiger charge is 2.16. The Morgan fingerprint density at radius 1 is 0.756 bits per heavy atom. The molecule has 45 heavy (non-hydrogen) atoms. The summed E-state index contributed by atoms with van der Waals surface area (Å²) in [5, 5.41) is 26.4. The molecular weight excluding hydrogens is 590 g/mol. The molecule has 0 unspecified atom stereocenters. The van der Waals surface area contributed by atoms with Crippen molar-refractivity contribution in [3.63, 3.8) is 0 Å². The highest BCUT2D eigenvalue weighted by Crippen LogP contribution is 2.18. The molecule has 0 atom stereocenters. The fraction of sp³-hybridized carbons (Fsp3) is 0.364. The van der Waals surface area contributed by atoms with Crippen LogP contribution in [0.5, 0.6) is 0 Å². The van der Waals surface area contributed by atoms with Gasteiger partial charge in [-0.1, -0.05) is 73.4 Å². The van der Waals surface area contributed by atoms with E-state index >= 15 is 0 Å². The van der Waals surface area contributed by atoms with Crippen LogP contribution in [0.15, 0.2) is 66.7 Å². The van der Waals surface area contributed by atoms with Crippen molar-refractivity contribution in [1.29, 1.82) is 0 Å². The third kappa shape index (κ3) is 12.8. The number of carbonyl (C=O) groups excluding carboxylic acids is 3. The largest absolute Gasteiger partial charge is 0.444 e. The van der Waals surface area contributed by atoms with Gasteiger partial charge in [-0.2, -0.15) is 5.10 Å². The minimum atomic E-state index is -0.568. The molecule has 238 valence electrons. The zero-order valence-electron chi connectivity index (χ0n) is 25.1. The van der Waals surface area contributed by atoms with Crippen LogP contribution < -0.4 is 16.0 Å². The second-order valence-corrected chi connectivity index (χ2v) is 12.3. The topological polar surface area (TPSA) is 148 Å². The predicted molar refractivity (Wildman–Crippen MR) is 176 cm³/mol. The second-order valence-electron chi connectivity index (χ2n) is 11.2. The monoisotopic (exact) mass is 631 g/mol. The van der Waals surface area contributed by atoms with E-state index in [1.165, 1.54) is 11.3 Å². The van der Waals surface area contributed by atoms with Crippen LogP contribution in [0, 0.1) is 0 Å². The van der Waals surface area contributed by atoms with Gasteiger partial charge in [0.25, 0.3) is 0 Å². The lowest BCUT2D eigenvalue weighted by Crippen LogP contribution is -2.32. The molecule has 0 radical (unpaired) electrons. The summed E-state index contributed by atoms with van der Waals surface area (Å²) >= 11 is 1.39. The van der Waals surface area contributed by atoms with Crippen LogP contribution in [0.2, 0.25) is 0 Å². The lowest BCUT2D eigenvalue weighted by Gasteiger charge is -2.19. The Morgan fingerprint density at radius 3 is 2.18 bits per heavy atom. The zero-order chi connectivity index (χ0) is 31.4. The van der Waals surface area contributed by atoms with Crippen LogP contribution in [0.3, 0.4) is 0 Å². The molecule has 0 saturated carbocycles. The van der Waals surface area contributed by atoms with Crippen molar-refractivity contribution >= 4 is 40.2 Å². The van der Waals surface area contributed by atoms with E-state index in [-0.39, 0.29) is 25.7 Å². The predicted octanol–water partition coefficient (Wildman–Crippen LogP) is 5.92. The molecule has 0 aliphatic rings. The number of aromatic nitrogens is 4. The van der Waals surface area contributed by atoms with Crippen LogP contribution in [-0.4, -0.2) is 43.9 Å². The van der Waals surface area contributed by atoms with Gasteiger partial charge in [0.1, 0.15) is 10.6 Å². The zero-order valence-corrected chi connectivity index (χ0v) is 25.9. The molecule has 0 fully saturated rings. The molecule has 0 bridgehead atoms. The number of hydrogen-bond donors (Lipinski definition) is 3. The molecule has 2 heterocycles. The molecule has 2 aromatic heterocycles. The van der Waals surface area contributed by atoms with Crippen LogP contribution in [0.25, 0.3) is 0 Å². The first-order valence-corrected chi connectivity index (χ1v) is 15.3. The summed E-state index contributed by atoms with van der Waals surface area (Å²) < 4.78 is 5.26. The van der Waals surface area contributed by atoms with Gasteiger partial charge in [0, 0.05) is 13.0 Å². The maximum Gasteiger partial charge on any atom is 0.407 e. The fourth-order valence-electron chi connectivity index (χ4n) is 4.20. The maximum atomic E-state index is 12.6. The van der Waals surface area contributed by atoms with Gasteiger partial charge in [-0.05, 0) is 68.9 Å². The Balaban J connectivity index is 0.00000552. The van der Waals surface area contributed by atoms with Crippen molar-refractivity contribution in [3.8, 4) is 0 Å². The fourth-order valence-corrected chi connectivity index (χ4v) is 5.00. The molecule has 0 saturated heterocycles. The van der Waals surface area contributed by atoms with Crippen LogP contribution in [0.4, 0.5) is 15.7 Å². The van der Waals surface area contributed by atoms with Crippen molar-refractivity contribution in [3.05, 3.63) is 94.1 Å². The van der Waals surface area contributed by atoms with Crippen molar-refractivity contribution in [2.24, 2.45) is 0 Å². The summed E-state index contributed by atoms with van der Waals surface area (Å²) in [7, 11) is 0. The summed E-state index contributed by atoms with van der Waals surface area (Å²) in [6.07, 6.45) is 3.23. The number of alkyl carbamates (subject to hydrolysis) is 1. The number of anilines is 2. The number of rotatable bonds is 13. The molecular formula is C33H41N7O4S. The molecule has 0 aliphatic carbocycles. The Bertz CT molecular complexity index is 1540.